The van der Waals surface area contributed by atoms with Crippen LogP contribution in [0.5, 0.6) is 0 Å². The van der Waals surface area contributed by atoms with Gasteiger partial charge in [-0.2, -0.15) is 5.10 Å². The Balaban J connectivity index is 1.62. The molecule has 4 rings (SSSR count). The molecule has 0 spiro atoms. The highest BCUT2D eigenvalue weighted by molar-refractivity contribution is 5.93. The molecule has 3 heterocycles. The van der Waals surface area contributed by atoms with Crippen molar-refractivity contribution < 1.29 is 4.79 Å². The smallest absolute Gasteiger partial charge is 0.272 e. The Labute approximate surface area is 158 Å². The lowest BCUT2D eigenvalue weighted by Gasteiger charge is -2.25. The highest BCUT2D eigenvalue weighted by Crippen LogP contribution is 2.40. The summed E-state index contributed by atoms with van der Waals surface area (Å²) in [6.07, 6.45) is 1.66. The van der Waals surface area contributed by atoms with Crippen molar-refractivity contribution in [3.63, 3.8) is 0 Å². The van der Waals surface area contributed by atoms with Crippen molar-refractivity contribution in [2.45, 2.75) is 51.9 Å². The Kier molecular flexibility index (Phi) is 4.01. The summed E-state index contributed by atoms with van der Waals surface area (Å²) < 4.78 is 1.69. The van der Waals surface area contributed by atoms with Gasteiger partial charge in [0.1, 0.15) is 11.5 Å². The Hall–Kier alpha value is -2.44. The molecule has 0 aromatic carbocycles. The van der Waals surface area contributed by atoms with Crippen LogP contribution in [-0.4, -0.2) is 43.6 Å². The van der Waals surface area contributed by atoms with E-state index in [0.29, 0.717) is 30.5 Å². The van der Waals surface area contributed by atoms with Crippen LogP contribution >= 0.6 is 0 Å². The summed E-state index contributed by atoms with van der Waals surface area (Å²) >= 11 is 0. The summed E-state index contributed by atoms with van der Waals surface area (Å²) in [7, 11) is 1.82. The number of fused-ring (bicyclic) bond motifs is 3. The van der Waals surface area contributed by atoms with Crippen molar-refractivity contribution in [1.29, 1.82) is 0 Å². The van der Waals surface area contributed by atoms with Crippen molar-refractivity contribution in [2.75, 3.05) is 13.1 Å². The van der Waals surface area contributed by atoms with E-state index in [9.17, 15) is 9.59 Å². The van der Waals surface area contributed by atoms with Gasteiger partial charge in [0.25, 0.3) is 11.5 Å². The maximum Gasteiger partial charge on any atom is 0.272 e. The van der Waals surface area contributed by atoms with Gasteiger partial charge in [-0.15, -0.1) is 0 Å². The number of aryl methyl sites for hydroxylation is 2. The molecular weight excluding hydrogens is 342 g/mol. The zero-order chi connectivity index (χ0) is 19.5. The van der Waals surface area contributed by atoms with Gasteiger partial charge >= 0.3 is 0 Å². The van der Waals surface area contributed by atoms with E-state index >= 15 is 0 Å². The normalized spacial score (nSPS) is 21.9. The number of hydrogen-bond donors (Lipinski definition) is 1. The van der Waals surface area contributed by atoms with Gasteiger partial charge in [0.15, 0.2) is 0 Å². The van der Waals surface area contributed by atoms with Crippen LogP contribution in [0.1, 0.15) is 66.4 Å². The number of likely N-dealkylation sites (tertiary alicyclic amines) is 1. The minimum Gasteiger partial charge on any atom is -0.336 e. The number of nitrogens with zero attached hydrogens (tertiary/aromatic N) is 4. The lowest BCUT2D eigenvalue weighted by molar-refractivity contribution is 0.0775. The predicted octanol–water partition coefficient (Wildman–Crippen LogP) is 1.91. The van der Waals surface area contributed by atoms with Crippen molar-refractivity contribution >= 4 is 5.91 Å². The first kappa shape index (κ1) is 17.9. The molecule has 144 valence electrons. The summed E-state index contributed by atoms with van der Waals surface area (Å²) in [5.41, 5.74) is 3.10. The van der Waals surface area contributed by atoms with E-state index in [1.165, 1.54) is 0 Å². The van der Waals surface area contributed by atoms with E-state index in [0.717, 1.165) is 29.8 Å². The van der Waals surface area contributed by atoms with E-state index < -0.39 is 0 Å². The molecule has 1 N–H and O–H groups in total. The van der Waals surface area contributed by atoms with Gasteiger partial charge in [0, 0.05) is 37.0 Å². The van der Waals surface area contributed by atoms with Crippen LogP contribution in [0.2, 0.25) is 0 Å². The second-order valence-electron chi connectivity index (χ2n) is 8.92. The van der Waals surface area contributed by atoms with Crippen LogP contribution in [0.15, 0.2) is 10.9 Å². The second kappa shape index (κ2) is 6.04. The molecule has 2 aromatic rings. The van der Waals surface area contributed by atoms with Gasteiger partial charge in [-0.05, 0) is 31.7 Å². The van der Waals surface area contributed by atoms with Crippen LogP contribution in [-0.2, 0) is 18.9 Å². The Morgan fingerprint density at radius 1 is 1.30 bits per heavy atom. The second-order valence-corrected chi connectivity index (χ2v) is 8.92. The third kappa shape index (κ3) is 2.99. The molecule has 1 fully saturated rings. The fourth-order valence-electron chi connectivity index (χ4n) is 4.35. The quantitative estimate of drug-likeness (QED) is 0.832. The van der Waals surface area contributed by atoms with Crippen LogP contribution < -0.4 is 5.56 Å². The highest BCUT2D eigenvalue weighted by atomic mass is 16.2. The average Bonchev–Trinajstić information content (AvgIpc) is 3.17. The summed E-state index contributed by atoms with van der Waals surface area (Å²) in [5.74, 6) is 1.17. The summed E-state index contributed by atoms with van der Waals surface area (Å²) in [6.45, 7) is 9.42. The third-order valence-corrected chi connectivity index (χ3v) is 5.88. The number of amides is 1. The lowest BCUT2D eigenvalue weighted by Crippen LogP contribution is -2.30. The van der Waals surface area contributed by atoms with E-state index in [2.05, 4.69) is 35.8 Å². The number of carbonyl (C=O) groups excluding carboxylic acids is 1. The SMILES string of the molecule is Cc1nc2c(c(=O)[nH]1)CC[C@@H]1CN(C(=O)c3cc(C(C)(C)C)nn3C)C[C@H]21. The molecule has 0 radical (unpaired) electrons. The molecule has 1 aliphatic carbocycles. The average molecular weight is 369 g/mol. The Morgan fingerprint density at radius 3 is 2.70 bits per heavy atom. The number of H-pyrrole nitrogens is 1. The molecular formula is C20H27N5O2. The van der Waals surface area contributed by atoms with E-state index in [-0.39, 0.29) is 22.8 Å². The van der Waals surface area contributed by atoms with Crippen molar-refractivity contribution in [3.8, 4) is 0 Å². The van der Waals surface area contributed by atoms with Crippen molar-refractivity contribution in [2.24, 2.45) is 13.0 Å². The maximum atomic E-state index is 13.2. The molecule has 2 atom stereocenters. The molecule has 0 bridgehead atoms. The van der Waals surface area contributed by atoms with Crippen LogP contribution in [0.25, 0.3) is 0 Å². The monoisotopic (exact) mass is 369 g/mol. The fraction of sp³-hybridized carbons (Fsp3) is 0.600. The van der Waals surface area contributed by atoms with Crippen molar-refractivity contribution in [1.82, 2.24) is 24.6 Å². The summed E-state index contributed by atoms with van der Waals surface area (Å²) in [5, 5.41) is 4.54. The topological polar surface area (TPSA) is 83.9 Å². The summed E-state index contributed by atoms with van der Waals surface area (Å²) in [4.78, 5) is 34.8. The molecule has 7 nitrogen and oxygen atoms in total. The van der Waals surface area contributed by atoms with Gasteiger partial charge in [0.05, 0.1) is 11.4 Å². The molecule has 1 saturated heterocycles. The van der Waals surface area contributed by atoms with Crippen LogP contribution in [0.4, 0.5) is 0 Å². The van der Waals surface area contributed by atoms with Crippen molar-refractivity contribution in [3.05, 3.63) is 44.9 Å². The highest BCUT2D eigenvalue weighted by Gasteiger charge is 2.42. The molecule has 27 heavy (non-hydrogen) atoms. The Bertz CT molecular complexity index is 966. The van der Waals surface area contributed by atoms with Gasteiger partial charge in [0.2, 0.25) is 0 Å². The van der Waals surface area contributed by atoms with Gasteiger partial charge < -0.3 is 9.88 Å². The minimum absolute atomic E-state index is 0.0120. The van der Waals surface area contributed by atoms with E-state index in [1.807, 2.05) is 24.9 Å². The molecule has 0 unspecified atom stereocenters. The standard InChI is InChI=1S/C20H27N5O2/c1-11-21-17-13(18(26)22-11)7-6-12-9-25(10-14(12)17)19(27)15-8-16(20(2,3)4)23-24(15)5/h8,12,14H,6-7,9-10H2,1-5H3,(H,21,22,26)/t12-,14+/m1/s1. The zero-order valence-corrected chi connectivity index (χ0v) is 16.7. The van der Waals surface area contributed by atoms with Crippen LogP contribution in [0.3, 0.4) is 0 Å². The first-order chi connectivity index (χ1) is 12.6. The largest absolute Gasteiger partial charge is 0.336 e. The number of carbonyl (C=O) groups is 1. The van der Waals surface area contributed by atoms with E-state index in [4.69, 9.17) is 0 Å². The predicted molar refractivity (Wildman–Crippen MR) is 102 cm³/mol. The first-order valence-corrected chi connectivity index (χ1v) is 9.58. The molecule has 7 heteroatoms. The van der Waals surface area contributed by atoms with Gasteiger partial charge in [-0.3, -0.25) is 14.3 Å². The molecule has 0 saturated carbocycles. The molecule has 1 aliphatic heterocycles. The number of rotatable bonds is 1. The number of hydrogen-bond acceptors (Lipinski definition) is 4. The van der Waals surface area contributed by atoms with Crippen LogP contribution in [0, 0.1) is 12.8 Å². The summed E-state index contributed by atoms with van der Waals surface area (Å²) in [6, 6.07) is 1.91. The zero-order valence-electron chi connectivity index (χ0n) is 16.7. The molecule has 1 amide bonds. The molecule has 2 aromatic heterocycles. The van der Waals surface area contributed by atoms with Gasteiger partial charge in [-0.1, -0.05) is 20.8 Å². The number of nitrogens with one attached hydrogen (secondary N) is 1. The molecule has 2 aliphatic rings. The maximum absolute atomic E-state index is 13.2. The number of aromatic amines is 1. The van der Waals surface area contributed by atoms with E-state index in [1.54, 1.807) is 4.68 Å². The first-order valence-electron chi connectivity index (χ1n) is 9.58. The Morgan fingerprint density at radius 2 is 2.04 bits per heavy atom. The number of aromatic nitrogens is 4. The third-order valence-electron chi connectivity index (χ3n) is 5.88. The lowest BCUT2D eigenvalue weighted by atomic mass is 9.80. The van der Waals surface area contributed by atoms with Gasteiger partial charge in [-0.25, -0.2) is 4.98 Å². The fourth-order valence-corrected chi connectivity index (χ4v) is 4.35. The minimum atomic E-state index is -0.100.